The summed E-state index contributed by atoms with van der Waals surface area (Å²) in [5.74, 6) is -0.0891. The molecule has 0 aromatic heterocycles. The fourth-order valence-electron chi connectivity index (χ4n) is 4.53. The van der Waals surface area contributed by atoms with E-state index in [1.54, 1.807) is 6.07 Å². The summed E-state index contributed by atoms with van der Waals surface area (Å²) in [5.41, 5.74) is 3.82. The highest BCUT2D eigenvalue weighted by Crippen LogP contribution is 2.41. The van der Waals surface area contributed by atoms with E-state index < -0.39 is 11.7 Å². The van der Waals surface area contributed by atoms with Crippen molar-refractivity contribution in [3.05, 3.63) is 77.9 Å². The van der Waals surface area contributed by atoms with E-state index in [4.69, 9.17) is 4.74 Å². The molecule has 0 amide bonds. The number of halogens is 3. The average molecular weight is 497 g/mol. The van der Waals surface area contributed by atoms with Crippen LogP contribution in [0.5, 0.6) is 5.75 Å². The number of hydrogen-bond donors (Lipinski definition) is 0. The second-order valence-electron chi connectivity index (χ2n) is 9.52. The molecular weight excluding hydrogens is 457 g/mol. The largest absolute Gasteiger partial charge is 0.493 e. The molecule has 3 aromatic rings. The number of rotatable bonds is 14. The van der Waals surface area contributed by atoms with Gasteiger partial charge in [0.2, 0.25) is 0 Å². The standard InChI is InChI=1S/C32H39F3O/c1-3-5-7-8-9-13-23-36-31-22-21-27(24-30(31)32(33,34)35)29-16-12-11-15-28(29)26-19-17-25(18-20-26)14-10-6-4-2/h11-12,15-22,24H,3-10,13-14,23H2,1-2H3. The minimum atomic E-state index is -4.48. The molecule has 36 heavy (non-hydrogen) atoms. The molecule has 0 bridgehead atoms. The number of aryl methyl sites for hydroxylation is 1. The van der Waals surface area contributed by atoms with E-state index in [0.29, 0.717) is 12.2 Å². The Morgan fingerprint density at radius 2 is 1.22 bits per heavy atom. The highest BCUT2D eigenvalue weighted by atomic mass is 19.4. The molecule has 0 unspecified atom stereocenters. The van der Waals surface area contributed by atoms with Crippen molar-refractivity contribution in [2.45, 2.75) is 84.2 Å². The zero-order valence-corrected chi connectivity index (χ0v) is 21.7. The van der Waals surface area contributed by atoms with Gasteiger partial charge in [0.1, 0.15) is 5.75 Å². The highest BCUT2D eigenvalue weighted by Gasteiger charge is 2.35. The molecule has 0 heterocycles. The molecular formula is C32H39F3O. The number of hydrogen-bond acceptors (Lipinski definition) is 1. The van der Waals surface area contributed by atoms with E-state index >= 15 is 0 Å². The van der Waals surface area contributed by atoms with Crippen LogP contribution in [0.1, 0.15) is 82.8 Å². The Labute approximate surface area is 214 Å². The van der Waals surface area contributed by atoms with Gasteiger partial charge in [0.15, 0.2) is 0 Å². The van der Waals surface area contributed by atoms with Crippen LogP contribution in [0.3, 0.4) is 0 Å². The Morgan fingerprint density at radius 1 is 0.639 bits per heavy atom. The third kappa shape index (κ3) is 8.15. The Kier molecular flexibility index (Phi) is 10.9. The number of unbranched alkanes of at least 4 members (excludes halogenated alkanes) is 7. The predicted octanol–water partition coefficient (Wildman–Crippen LogP) is 10.5. The molecule has 0 aliphatic heterocycles. The summed E-state index contributed by atoms with van der Waals surface area (Å²) in [7, 11) is 0. The SMILES string of the molecule is CCCCCCCCOc1ccc(-c2ccccc2-c2ccc(CCCCC)cc2)cc1C(F)(F)F. The van der Waals surface area contributed by atoms with Gasteiger partial charge >= 0.3 is 6.18 Å². The molecule has 0 aliphatic carbocycles. The first kappa shape index (κ1) is 27.8. The van der Waals surface area contributed by atoms with Gasteiger partial charge in [-0.25, -0.2) is 0 Å². The smallest absolute Gasteiger partial charge is 0.419 e. The normalized spacial score (nSPS) is 11.6. The zero-order valence-electron chi connectivity index (χ0n) is 21.7. The van der Waals surface area contributed by atoms with Crippen molar-refractivity contribution in [3.8, 4) is 28.0 Å². The lowest BCUT2D eigenvalue weighted by molar-refractivity contribution is -0.138. The Hall–Kier alpha value is -2.75. The van der Waals surface area contributed by atoms with Crippen LogP contribution in [0.4, 0.5) is 13.2 Å². The Balaban J connectivity index is 1.79. The molecule has 0 atom stereocenters. The van der Waals surface area contributed by atoms with E-state index in [9.17, 15) is 13.2 Å². The summed E-state index contributed by atoms with van der Waals surface area (Å²) in [6.07, 6.45) is 6.50. The van der Waals surface area contributed by atoms with Gasteiger partial charge in [-0.2, -0.15) is 13.2 Å². The first-order chi connectivity index (χ1) is 17.4. The van der Waals surface area contributed by atoms with Crippen LogP contribution in [0.2, 0.25) is 0 Å². The molecule has 1 nitrogen and oxygen atoms in total. The molecule has 4 heteroatoms. The van der Waals surface area contributed by atoms with Crippen molar-refractivity contribution in [1.82, 2.24) is 0 Å². The average Bonchev–Trinajstić information content (AvgIpc) is 2.88. The van der Waals surface area contributed by atoms with Crippen molar-refractivity contribution < 1.29 is 17.9 Å². The molecule has 0 saturated carbocycles. The van der Waals surface area contributed by atoms with Crippen molar-refractivity contribution in [3.63, 3.8) is 0 Å². The molecule has 194 valence electrons. The molecule has 3 aromatic carbocycles. The summed E-state index contributed by atoms with van der Waals surface area (Å²) in [6, 6.07) is 20.5. The third-order valence-electron chi connectivity index (χ3n) is 6.61. The predicted molar refractivity (Wildman–Crippen MR) is 144 cm³/mol. The summed E-state index contributed by atoms with van der Waals surface area (Å²) >= 11 is 0. The molecule has 0 N–H and O–H groups in total. The van der Waals surface area contributed by atoms with E-state index in [1.165, 1.54) is 56.2 Å². The fourth-order valence-corrected chi connectivity index (χ4v) is 4.53. The topological polar surface area (TPSA) is 9.23 Å². The minimum absolute atomic E-state index is 0.0891. The van der Waals surface area contributed by atoms with E-state index in [1.807, 2.05) is 24.3 Å². The molecule has 0 aliphatic rings. The van der Waals surface area contributed by atoms with Gasteiger partial charge in [-0.05, 0) is 59.2 Å². The van der Waals surface area contributed by atoms with Crippen LogP contribution in [0.15, 0.2) is 66.7 Å². The van der Waals surface area contributed by atoms with Crippen molar-refractivity contribution in [1.29, 1.82) is 0 Å². The van der Waals surface area contributed by atoms with Gasteiger partial charge in [-0.15, -0.1) is 0 Å². The quantitative estimate of drug-likeness (QED) is 0.202. The van der Waals surface area contributed by atoms with Crippen LogP contribution in [-0.4, -0.2) is 6.61 Å². The molecule has 3 rings (SSSR count). The van der Waals surface area contributed by atoms with Crippen LogP contribution in [-0.2, 0) is 12.6 Å². The molecule has 0 spiro atoms. The fraction of sp³-hybridized carbons (Fsp3) is 0.438. The van der Waals surface area contributed by atoms with E-state index in [0.717, 1.165) is 42.4 Å². The zero-order chi connectivity index (χ0) is 25.8. The highest BCUT2D eigenvalue weighted by molar-refractivity contribution is 5.84. The van der Waals surface area contributed by atoms with Crippen LogP contribution in [0.25, 0.3) is 22.3 Å². The molecule has 0 saturated heterocycles. The summed E-state index contributed by atoms with van der Waals surface area (Å²) < 4.78 is 47.5. The summed E-state index contributed by atoms with van der Waals surface area (Å²) in [4.78, 5) is 0. The van der Waals surface area contributed by atoms with Crippen molar-refractivity contribution >= 4 is 0 Å². The number of benzene rings is 3. The van der Waals surface area contributed by atoms with Crippen molar-refractivity contribution in [2.75, 3.05) is 6.61 Å². The maximum Gasteiger partial charge on any atom is 0.419 e. The van der Waals surface area contributed by atoms with E-state index in [2.05, 4.69) is 38.1 Å². The number of ether oxygens (including phenoxy) is 1. The van der Waals surface area contributed by atoms with Gasteiger partial charge < -0.3 is 4.74 Å². The van der Waals surface area contributed by atoms with Gasteiger partial charge in [0.05, 0.1) is 12.2 Å². The summed E-state index contributed by atoms with van der Waals surface area (Å²) in [5, 5.41) is 0. The maximum absolute atomic E-state index is 14.0. The molecule has 0 radical (unpaired) electrons. The monoisotopic (exact) mass is 496 g/mol. The first-order valence-electron chi connectivity index (χ1n) is 13.5. The lowest BCUT2D eigenvalue weighted by atomic mass is 9.92. The first-order valence-corrected chi connectivity index (χ1v) is 13.5. The lowest BCUT2D eigenvalue weighted by Crippen LogP contribution is -2.10. The van der Waals surface area contributed by atoms with Gasteiger partial charge in [0, 0.05) is 0 Å². The summed E-state index contributed by atoms with van der Waals surface area (Å²) in [6.45, 7) is 4.66. The second kappa shape index (κ2) is 14.1. The van der Waals surface area contributed by atoms with Crippen molar-refractivity contribution in [2.24, 2.45) is 0 Å². The molecule has 0 fully saturated rings. The van der Waals surface area contributed by atoms with Gasteiger partial charge in [0.25, 0.3) is 0 Å². The lowest BCUT2D eigenvalue weighted by Gasteiger charge is -2.17. The van der Waals surface area contributed by atoms with Crippen LogP contribution < -0.4 is 4.74 Å². The van der Waals surface area contributed by atoms with E-state index in [-0.39, 0.29) is 5.75 Å². The van der Waals surface area contributed by atoms with Gasteiger partial charge in [-0.3, -0.25) is 0 Å². The minimum Gasteiger partial charge on any atom is -0.493 e. The van der Waals surface area contributed by atoms with Crippen LogP contribution >= 0.6 is 0 Å². The Bertz CT molecular complexity index is 1050. The maximum atomic E-state index is 14.0. The van der Waals surface area contributed by atoms with Crippen LogP contribution in [0, 0.1) is 0 Å². The number of alkyl halides is 3. The third-order valence-corrected chi connectivity index (χ3v) is 6.61. The van der Waals surface area contributed by atoms with Gasteiger partial charge in [-0.1, -0.05) is 113 Å². The second-order valence-corrected chi connectivity index (χ2v) is 9.52. The Morgan fingerprint density at radius 3 is 1.89 bits per heavy atom.